The van der Waals surface area contributed by atoms with Gasteiger partial charge in [0, 0.05) is 24.0 Å². The van der Waals surface area contributed by atoms with E-state index in [4.69, 9.17) is 5.73 Å². The quantitative estimate of drug-likeness (QED) is 0.808. The molecule has 0 aliphatic rings. The minimum Gasteiger partial charge on any atom is -0.399 e. The molecule has 0 saturated carbocycles. The molecule has 0 aliphatic carbocycles. The molecule has 18 heavy (non-hydrogen) atoms. The normalized spacial score (nSPS) is 10.3. The van der Waals surface area contributed by atoms with Gasteiger partial charge in [0.1, 0.15) is 11.6 Å². The summed E-state index contributed by atoms with van der Waals surface area (Å²) in [4.78, 5) is 8.58. The first-order valence-electron chi connectivity index (χ1n) is 6.04. The molecule has 0 saturated heterocycles. The van der Waals surface area contributed by atoms with Gasteiger partial charge in [-0.3, -0.25) is 0 Å². The maximum atomic E-state index is 5.65. The molecule has 0 fully saturated rings. The molecule has 3 N–H and O–H groups in total. The summed E-state index contributed by atoms with van der Waals surface area (Å²) >= 11 is 0. The van der Waals surface area contributed by atoms with Crippen molar-refractivity contribution in [2.75, 3.05) is 17.6 Å². The second-order valence-corrected chi connectivity index (χ2v) is 4.36. The van der Waals surface area contributed by atoms with Crippen LogP contribution < -0.4 is 11.1 Å². The summed E-state index contributed by atoms with van der Waals surface area (Å²) in [5.74, 6) is 1.68. The highest BCUT2D eigenvalue weighted by molar-refractivity contribution is 5.40. The Morgan fingerprint density at radius 2 is 1.83 bits per heavy atom. The number of rotatable bonds is 4. The molecule has 0 spiro atoms. The number of nitrogens with two attached hydrogens (primary N) is 1. The van der Waals surface area contributed by atoms with Crippen molar-refractivity contribution in [2.24, 2.45) is 0 Å². The van der Waals surface area contributed by atoms with Gasteiger partial charge in [0.25, 0.3) is 0 Å². The SMILES string of the molecule is Cc1cc(NCCc2ccc(N)cc2)nc(C)n1. The Morgan fingerprint density at radius 1 is 1.11 bits per heavy atom. The predicted molar refractivity (Wildman–Crippen MR) is 74.6 cm³/mol. The largest absolute Gasteiger partial charge is 0.399 e. The Labute approximate surface area is 107 Å². The van der Waals surface area contributed by atoms with Gasteiger partial charge in [0.2, 0.25) is 0 Å². The van der Waals surface area contributed by atoms with Crippen LogP contribution in [-0.4, -0.2) is 16.5 Å². The second kappa shape index (κ2) is 5.49. The topological polar surface area (TPSA) is 63.8 Å². The summed E-state index contributed by atoms with van der Waals surface area (Å²) in [7, 11) is 0. The molecule has 1 aromatic carbocycles. The molecule has 0 bridgehead atoms. The first-order chi connectivity index (χ1) is 8.63. The van der Waals surface area contributed by atoms with Crippen LogP contribution in [-0.2, 0) is 6.42 Å². The molecular formula is C14H18N4. The molecule has 0 aliphatic heterocycles. The molecule has 0 unspecified atom stereocenters. The maximum absolute atomic E-state index is 5.65. The van der Waals surface area contributed by atoms with E-state index in [-0.39, 0.29) is 0 Å². The smallest absolute Gasteiger partial charge is 0.129 e. The Hall–Kier alpha value is -2.10. The van der Waals surface area contributed by atoms with E-state index in [1.54, 1.807) is 0 Å². The Kier molecular flexibility index (Phi) is 3.77. The lowest BCUT2D eigenvalue weighted by Crippen LogP contribution is -2.07. The van der Waals surface area contributed by atoms with Crippen LogP contribution in [0.1, 0.15) is 17.1 Å². The van der Waals surface area contributed by atoms with E-state index >= 15 is 0 Å². The molecule has 2 aromatic rings. The van der Waals surface area contributed by atoms with Crippen molar-refractivity contribution in [1.29, 1.82) is 0 Å². The summed E-state index contributed by atoms with van der Waals surface area (Å²) in [5, 5.41) is 3.31. The van der Waals surface area contributed by atoms with E-state index in [0.29, 0.717) is 0 Å². The summed E-state index contributed by atoms with van der Waals surface area (Å²) in [6.45, 7) is 4.72. The molecule has 0 atom stereocenters. The van der Waals surface area contributed by atoms with Crippen molar-refractivity contribution >= 4 is 11.5 Å². The number of nitrogens with zero attached hydrogens (tertiary/aromatic N) is 2. The minimum absolute atomic E-state index is 0.796. The zero-order chi connectivity index (χ0) is 13.0. The van der Waals surface area contributed by atoms with Gasteiger partial charge in [-0.05, 0) is 38.0 Å². The van der Waals surface area contributed by atoms with E-state index in [2.05, 4.69) is 15.3 Å². The van der Waals surface area contributed by atoms with Crippen molar-refractivity contribution in [2.45, 2.75) is 20.3 Å². The predicted octanol–water partition coefficient (Wildman–Crippen LogP) is 2.33. The van der Waals surface area contributed by atoms with Gasteiger partial charge in [0.15, 0.2) is 0 Å². The lowest BCUT2D eigenvalue weighted by Gasteiger charge is -2.07. The van der Waals surface area contributed by atoms with Gasteiger partial charge in [0.05, 0.1) is 0 Å². The fourth-order valence-electron chi connectivity index (χ4n) is 1.83. The van der Waals surface area contributed by atoms with Crippen LogP contribution in [0.4, 0.5) is 11.5 Å². The standard InChI is InChI=1S/C14H18N4/c1-10-9-14(18-11(2)17-10)16-8-7-12-3-5-13(15)6-4-12/h3-6,9H,7-8,15H2,1-2H3,(H,16,17,18). The lowest BCUT2D eigenvalue weighted by atomic mass is 10.1. The zero-order valence-electron chi connectivity index (χ0n) is 10.8. The van der Waals surface area contributed by atoms with E-state index in [0.717, 1.165) is 36.0 Å². The third-order valence-electron chi connectivity index (χ3n) is 2.67. The Balaban J connectivity index is 1.90. The van der Waals surface area contributed by atoms with Crippen LogP contribution >= 0.6 is 0 Å². The minimum atomic E-state index is 0.796. The van der Waals surface area contributed by atoms with Crippen molar-refractivity contribution in [3.8, 4) is 0 Å². The number of anilines is 2. The van der Waals surface area contributed by atoms with Crippen LogP contribution in [0, 0.1) is 13.8 Å². The monoisotopic (exact) mass is 242 g/mol. The average molecular weight is 242 g/mol. The van der Waals surface area contributed by atoms with Gasteiger partial charge in [-0.2, -0.15) is 0 Å². The van der Waals surface area contributed by atoms with E-state index in [1.165, 1.54) is 5.56 Å². The van der Waals surface area contributed by atoms with Crippen LogP contribution in [0.15, 0.2) is 30.3 Å². The molecule has 1 heterocycles. The van der Waals surface area contributed by atoms with Crippen LogP contribution in [0.2, 0.25) is 0 Å². The number of benzene rings is 1. The first-order valence-corrected chi connectivity index (χ1v) is 6.04. The number of aromatic nitrogens is 2. The maximum Gasteiger partial charge on any atom is 0.129 e. The van der Waals surface area contributed by atoms with Crippen molar-refractivity contribution in [1.82, 2.24) is 9.97 Å². The Bertz CT molecular complexity index is 500. The van der Waals surface area contributed by atoms with Crippen molar-refractivity contribution in [3.05, 3.63) is 47.4 Å². The number of hydrogen-bond donors (Lipinski definition) is 2. The molecule has 1 aromatic heterocycles. The number of aryl methyl sites for hydroxylation is 2. The van der Waals surface area contributed by atoms with Gasteiger partial charge in [-0.1, -0.05) is 12.1 Å². The summed E-state index contributed by atoms with van der Waals surface area (Å²) in [6, 6.07) is 9.90. The summed E-state index contributed by atoms with van der Waals surface area (Å²) in [5.41, 5.74) is 8.69. The fraction of sp³-hybridized carbons (Fsp3) is 0.286. The number of hydrogen-bond acceptors (Lipinski definition) is 4. The number of nitrogens with one attached hydrogen (secondary N) is 1. The van der Waals surface area contributed by atoms with Gasteiger partial charge >= 0.3 is 0 Å². The summed E-state index contributed by atoms with van der Waals surface area (Å²) < 4.78 is 0. The van der Waals surface area contributed by atoms with Crippen LogP contribution in [0.5, 0.6) is 0 Å². The fourth-order valence-corrected chi connectivity index (χ4v) is 1.83. The van der Waals surface area contributed by atoms with Crippen molar-refractivity contribution in [3.63, 3.8) is 0 Å². The molecule has 0 amide bonds. The van der Waals surface area contributed by atoms with E-state index in [1.807, 2.05) is 44.2 Å². The van der Waals surface area contributed by atoms with Gasteiger partial charge in [-0.15, -0.1) is 0 Å². The molecule has 4 heteroatoms. The molecule has 2 rings (SSSR count). The number of nitrogen functional groups attached to an aromatic ring is 1. The lowest BCUT2D eigenvalue weighted by molar-refractivity contribution is 0.966. The highest BCUT2D eigenvalue weighted by atomic mass is 15.0. The summed E-state index contributed by atoms with van der Waals surface area (Å²) in [6.07, 6.45) is 0.947. The van der Waals surface area contributed by atoms with Crippen LogP contribution in [0.25, 0.3) is 0 Å². The second-order valence-electron chi connectivity index (χ2n) is 4.36. The van der Waals surface area contributed by atoms with E-state index < -0.39 is 0 Å². The Morgan fingerprint density at radius 3 is 2.50 bits per heavy atom. The third-order valence-corrected chi connectivity index (χ3v) is 2.67. The van der Waals surface area contributed by atoms with E-state index in [9.17, 15) is 0 Å². The average Bonchev–Trinajstić information content (AvgIpc) is 2.30. The molecule has 0 radical (unpaired) electrons. The van der Waals surface area contributed by atoms with Crippen molar-refractivity contribution < 1.29 is 0 Å². The molecule has 94 valence electrons. The molecular weight excluding hydrogens is 224 g/mol. The third kappa shape index (κ3) is 3.45. The first kappa shape index (κ1) is 12.4. The van der Waals surface area contributed by atoms with Gasteiger partial charge < -0.3 is 11.1 Å². The van der Waals surface area contributed by atoms with Crippen LogP contribution in [0.3, 0.4) is 0 Å². The van der Waals surface area contributed by atoms with Gasteiger partial charge in [-0.25, -0.2) is 9.97 Å². The highest BCUT2D eigenvalue weighted by Gasteiger charge is 1.98. The zero-order valence-corrected chi connectivity index (χ0v) is 10.8. The molecule has 4 nitrogen and oxygen atoms in total. The highest BCUT2D eigenvalue weighted by Crippen LogP contribution is 2.08.